The van der Waals surface area contributed by atoms with Gasteiger partial charge in [-0.2, -0.15) is 13.2 Å². The Bertz CT molecular complexity index is 976. The number of rotatable bonds is 4. The van der Waals surface area contributed by atoms with E-state index in [-0.39, 0.29) is 6.61 Å². The van der Waals surface area contributed by atoms with Crippen LogP contribution in [0, 0.1) is 10.1 Å². The number of H-pyrrole nitrogens is 1. The molecule has 0 saturated heterocycles. The predicted molar refractivity (Wildman–Crippen MR) is 77.1 cm³/mol. The van der Waals surface area contributed by atoms with E-state index in [1.807, 2.05) is 4.98 Å². The summed E-state index contributed by atoms with van der Waals surface area (Å²) in [7, 11) is 0. The highest BCUT2D eigenvalue weighted by atomic mass is 19.4. The third-order valence-electron chi connectivity index (χ3n) is 3.19. The largest absolute Gasteiger partial charge is 0.465 e. The third-order valence-corrected chi connectivity index (χ3v) is 3.19. The molecule has 25 heavy (non-hydrogen) atoms. The maximum atomic E-state index is 13.0. The summed E-state index contributed by atoms with van der Waals surface area (Å²) in [5.74, 6) is -0.931. The fraction of sp³-hybridized carbons (Fsp3) is 0.308. The maximum Gasteiger partial charge on any atom is 0.423 e. The lowest BCUT2D eigenvalue weighted by molar-refractivity contribution is -0.387. The summed E-state index contributed by atoms with van der Waals surface area (Å²) in [6.07, 6.45) is -5.06. The molecule has 0 fully saturated rings. The van der Waals surface area contributed by atoms with Crippen molar-refractivity contribution in [2.75, 3.05) is 6.61 Å². The molecule has 0 radical (unpaired) electrons. The van der Waals surface area contributed by atoms with E-state index >= 15 is 0 Å². The molecule has 9 nitrogen and oxygen atoms in total. The van der Waals surface area contributed by atoms with Gasteiger partial charge in [-0.3, -0.25) is 29.1 Å². The highest BCUT2D eigenvalue weighted by Crippen LogP contribution is 2.37. The van der Waals surface area contributed by atoms with Crippen LogP contribution in [0.3, 0.4) is 0 Å². The number of aromatic nitrogens is 2. The van der Waals surface area contributed by atoms with E-state index in [9.17, 15) is 37.7 Å². The molecule has 134 valence electrons. The van der Waals surface area contributed by atoms with Gasteiger partial charge in [0.25, 0.3) is 5.69 Å². The van der Waals surface area contributed by atoms with E-state index in [4.69, 9.17) is 0 Å². The SMILES string of the molecule is CCOC(=O)Cn1c(=O)c(=O)[nH]c2cc(C(F)(F)F)c([N+](=O)[O-])cc21. The van der Waals surface area contributed by atoms with Gasteiger partial charge in [0.2, 0.25) is 0 Å². The van der Waals surface area contributed by atoms with Gasteiger partial charge in [0.15, 0.2) is 0 Å². The Labute approximate surface area is 135 Å². The lowest BCUT2D eigenvalue weighted by Crippen LogP contribution is -2.38. The molecular formula is C13H10F3N3O6. The fourth-order valence-corrected chi connectivity index (χ4v) is 2.18. The Balaban J connectivity index is 2.85. The van der Waals surface area contributed by atoms with Crippen molar-refractivity contribution in [1.29, 1.82) is 0 Å². The molecule has 2 aromatic rings. The number of alkyl halides is 3. The molecule has 1 aromatic carbocycles. The Morgan fingerprint density at radius 2 is 2.00 bits per heavy atom. The van der Waals surface area contributed by atoms with Crippen molar-refractivity contribution in [3.8, 4) is 0 Å². The van der Waals surface area contributed by atoms with Crippen LogP contribution in [0.2, 0.25) is 0 Å². The van der Waals surface area contributed by atoms with Crippen molar-refractivity contribution in [2.45, 2.75) is 19.6 Å². The summed E-state index contributed by atoms with van der Waals surface area (Å²) in [6.45, 7) is 0.666. The molecule has 1 heterocycles. The molecule has 0 saturated carbocycles. The van der Waals surface area contributed by atoms with E-state index in [0.29, 0.717) is 16.7 Å². The van der Waals surface area contributed by atoms with Gasteiger partial charge in [-0.15, -0.1) is 0 Å². The molecular weight excluding hydrogens is 351 g/mol. The normalized spacial score (nSPS) is 11.5. The number of hydrogen-bond donors (Lipinski definition) is 1. The van der Waals surface area contributed by atoms with E-state index in [1.165, 1.54) is 6.92 Å². The van der Waals surface area contributed by atoms with Crippen LogP contribution in [0.5, 0.6) is 0 Å². The zero-order chi connectivity index (χ0) is 18.9. The summed E-state index contributed by atoms with van der Waals surface area (Å²) in [4.78, 5) is 46.7. The number of nitrogens with one attached hydrogen (secondary N) is 1. The van der Waals surface area contributed by atoms with Crippen LogP contribution in [-0.2, 0) is 22.3 Å². The molecule has 0 bridgehead atoms. The summed E-state index contributed by atoms with van der Waals surface area (Å²) in [5.41, 5.74) is -6.33. The quantitative estimate of drug-likeness (QED) is 0.377. The van der Waals surface area contributed by atoms with Crippen LogP contribution < -0.4 is 11.1 Å². The molecule has 1 N–H and O–H groups in total. The Morgan fingerprint density at radius 3 is 2.52 bits per heavy atom. The number of esters is 1. The van der Waals surface area contributed by atoms with Gasteiger partial charge in [-0.1, -0.05) is 0 Å². The first-order chi connectivity index (χ1) is 11.6. The molecule has 0 aliphatic carbocycles. The fourth-order valence-electron chi connectivity index (χ4n) is 2.18. The van der Waals surface area contributed by atoms with Crippen molar-refractivity contribution in [2.24, 2.45) is 0 Å². The minimum atomic E-state index is -5.06. The van der Waals surface area contributed by atoms with E-state index in [0.717, 1.165) is 0 Å². The van der Waals surface area contributed by atoms with Gasteiger partial charge in [-0.25, -0.2) is 0 Å². The molecule has 0 amide bonds. The van der Waals surface area contributed by atoms with Crippen LogP contribution in [-0.4, -0.2) is 27.1 Å². The Hall–Kier alpha value is -3.18. The number of aromatic amines is 1. The first-order valence-corrected chi connectivity index (χ1v) is 6.74. The number of nitrogens with zero attached hydrogens (tertiary/aromatic N) is 2. The number of benzene rings is 1. The highest BCUT2D eigenvalue weighted by molar-refractivity contribution is 5.81. The molecule has 12 heteroatoms. The van der Waals surface area contributed by atoms with Crippen molar-refractivity contribution in [3.05, 3.63) is 48.5 Å². The standard InChI is InChI=1S/C13H10F3N3O6/c1-2-25-10(20)5-18-9-4-8(19(23)24)6(13(14,15)16)3-7(9)17-11(21)12(18)22/h3-4H,2,5H2,1H3,(H,17,21). The smallest absolute Gasteiger partial charge is 0.423 e. The lowest BCUT2D eigenvalue weighted by Gasteiger charge is -2.12. The predicted octanol–water partition coefficient (Wildman–Crippen LogP) is 1.18. The number of fused-ring (bicyclic) bond motifs is 1. The van der Waals surface area contributed by atoms with Crippen LogP contribution in [0.15, 0.2) is 21.7 Å². The molecule has 0 aliphatic rings. The van der Waals surface area contributed by atoms with E-state index < -0.39 is 57.0 Å². The molecule has 0 atom stereocenters. The lowest BCUT2D eigenvalue weighted by atomic mass is 10.1. The number of hydrogen-bond acceptors (Lipinski definition) is 6. The number of nitro benzene ring substituents is 1. The number of ether oxygens (including phenoxy) is 1. The minimum Gasteiger partial charge on any atom is -0.465 e. The number of carbonyl (C=O) groups is 1. The second-order valence-corrected chi connectivity index (χ2v) is 4.79. The maximum absolute atomic E-state index is 13.0. The molecule has 0 unspecified atom stereocenters. The van der Waals surface area contributed by atoms with Gasteiger partial charge in [0.05, 0.1) is 22.6 Å². The average Bonchev–Trinajstić information content (AvgIpc) is 2.50. The van der Waals surface area contributed by atoms with Gasteiger partial charge in [0.1, 0.15) is 12.1 Å². The van der Waals surface area contributed by atoms with Crippen LogP contribution in [0.25, 0.3) is 11.0 Å². The topological polar surface area (TPSA) is 124 Å². The minimum absolute atomic E-state index is 0.0346. The molecule has 2 rings (SSSR count). The zero-order valence-electron chi connectivity index (χ0n) is 12.5. The first kappa shape index (κ1) is 18.2. The van der Waals surface area contributed by atoms with Gasteiger partial charge in [-0.05, 0) is 13.0 Å². The van der Waals surface area contributed by atoms with Gasteiger partial charge < -0.3 is 9.72 Å². The van der Waals surface area contributed by atoms with Crippen molar-refractivity contribution in [1.82, 2.24) is 9.55 Å². The van der Waals surface area contributed by atoms with Crippen molar-refractivity contribution in [3.63, 3.8) is 0 Å². The molecule has 0 spiro atoms. The molecule has 1 aromatic heterocycles. The number of nitro groups is 1. The van der Waals surface area contributed by atoms with Crippen molar-refractivity contribution < 1.29 is 27.6 Å². The zero-order valence-corrected chi connectivity index (χ0v) is 12.5. The summed E-state index contributed by atoms with van der Waals surface area (Å²) >= 11 is 0. The summed E-state index contributed by atoms with van der Waals surface area (Å²) in [6, 6.07) is 0.824. The monoisotopic (exact) mass is 361 g/mol. The second-order valence-electron chi connectivity index (χ2n) is 4.79. The third kappa shape index (κ3) is 3.51. The summed E-state index contributed by atoms with van der Waals surface area (Å²) in [5, 5.41) is 11.0. The second kappa shape index (κ2) is 6.37. The average molecular weight is 361 g/mol. The van der Waals surface area contributed by atoms with E-state index in [1.54, 1.807) is 0 Å². The highest BCUT2D eigenvalue weighted by Gasteiger charge is 2.39. The number of carbonyl (C=O) groups excluding carboxylic acids is 1. The van der Waals surface area contributed by atoms with Gasteiger partial charge in [0, 0.05) is 6.07 Å². The van der Waals surface area contributed by atoms with Crippen LogP contribution in [0.1, 0.15) is 12.5 Å². The Kier molecular flexibility index (Phi) is 4.63. The molecule has 0 aliphatic heterocycles. The van der Waals surface area contributed by atoms with E-state index in [2.05, 4.69) is 4.74 Å². The first-order valence-electron chi connectivity index (χ1n) is 6.74. The summed E-state index contributed by atoms with van der Waals surface area (Å²) < 4.78 is 44.1. The Morgan fingerprint density at radius 1 is 1.36 bits per heavy atom. The van der Waals surface area contributed by atoms with Crippen LogP contribution in [0.4, 0.5) is 18.9 Å². The number of halogens is 3. The van der Waals surface area contributed by atoms with Crippen LogP contribution >= 0.6 is 0 Å². The van der Waals surface area contributed by atoms with Crippen molar-refractivity contribution >= 4 is 22.7 Å². The van der Waals surface area contributed by atoms with Gasteiger partial charge >= 0.3 is 23.3 Å².